The van der Waals surface area contributed by atoms with Crippen LogP contribution in [0.15, 0.2) is 12.7 Å². The molecule has 0 radical (unpaired) electrons. The second-order valence-corrected chi connectivity index (χ2v) is 2.10. The normalized spacial score (nSPS) is 8.90. The Kier molecular flexibility index (Phi) is 4.46. The molecule has 0 aromatic heterocycles. The van der Waals surface area contributed by atoms with E-state index >= 15 is 0 Å². The summed E-state index contributed by atoms with van der Waals surface area (Å²) in [4.78, 5) is 21.4. The van der Waals surface area contributed by atoms with Crippen molar-refractivity contribution in [2.75, 3.05) is 0 Å². The minimum atomic E-state index is -0.0400. The molecule has 0 heterocycles. The van der Waals surface area contributed by atoms with Gasteiger partial charge in [0.2, 0.25) is 0 Å². The van der Waals surface area contributed by atoms with Gasteiger partial charge in [-0.25, -0.2) is 0 Å². The average molecular weight is 140 g/mol. The average Bonchev–Trinajstić information content (AvgIpc) is 1.88. The highest BCUT2D eigenvalue weighted by Gasteiger charge is 2.04. The molecule has 56 valence electrons. The van der Waals surface area contributed by atoms with Gasteiger partial charge in [-0.2, -0.15) is 0 Å². The fourth-order valence-electron chi connectivity index (χ4n) is 0.578. The number of ketones is 2. The predicted molar refractivity (Wildman–Crippen MR) is 39.7 cm³/mol. The smallest absolute Gasteiger partial charge is 0.143 e. The minimum absolute atomic E-state index is 0.00634. The van der Waals surface area contributed by atoms with Gasteiger partial charge in [0.25, 0.3) is 0 Å². The van der Waals surface area contributed by atoms with Crippen molar-refractivity contribution in [2.24, 2.45) is 0 Å². The molecular weight excluding hydrogens is 128 g/mol. The van der Waals surface area contributed by atoms with Gasteiger partial charge in [0.15, 0.2) is 0 Å². The summed E-state index contributed by atoms with van der Waals surface area (Å²) >= 11 is 0. The summed E-state index contributed by atoms with van der Waals surface area (Å²) in [5.74, 6) is -0.0336. The van der Waals surface area contributed by atoms with E-state index in [1.807, 2.05) is 0 Å². The van der Waals surface area contributed by atoms with Gasteiger partial charge in [0, 0.05) is 12.8 Å². The van der Waals surface area contributed by atoms with Crippen molar-refractivity contribution in [3.8, 4) is 0 Å². The minimum Gasteiger partial charge on any atom is -0.299 e. The zero-order valence-electron chi connectivity index (χ0n) is 6.22. The quantitative estimate of drug-likeness (QED) is 0.428. The lowest BCUT2D eigenvalue weighted by Crippen LogP contribution is -2.04. The van der Waals surface area contributed by atoms with E-state index in [2.05, 4.69) is 6.58 Å². The number of hydrogen-bond acceptors (Lipinski definition) is 2. The van der Waals surface area contributed by atoms with Crippen LogP contribution in [0.4, 0.5) is 0 Å². The Labute approximate surface area is 60.9 Å². The highest BCUT2D eigenvalue weighted by Crippen LogP contribution is 1.94. The van der Waals surface area contributed by atoms with E-state index in [-0.39, 0.29) is 18.0 Å². The molecule has 0 bridgehead atoms. The van der Waals surface area contributed by atoms with Gasteiger partial charge in [-0.05, 0) is 0 Å². The van der Waals surface area contributed by atoms with E-state index in [9.17, 15) is 9.59 Å². The molecule has 0 aromatic rings. The van der Waals surface area contributed by atoms with Gasteiger partial charge >= 0.3 is 0 Å². The van der Waals surface area contributed by atoms with Gasteiger partial charge in [-0.15, -0.1) is 6.58 Å². The molecule has 0 rings (SSSR count). The monoisotopic (exact) mass is 140 g/mol. The number of rotatable bonds is 5. The third-order valence-electron chi connectivity index (χ3n) is 1.16. The van der Waals surface area contributed by atoms with E-state index in [1.54, 1.807) is 6.92 Å². The Balaban J connectivity index is 3.57. The van der Waals surface area contributed by atoms with Crippen molar-refractivity contribution in [3.05, 3.63) is 12.7 Å². The van der Waals surface area contributed by atoms with Crippen LogP contribution in [0.25, 0.3) is 0 Å². The lowest BCUT2D eigenvalue weighted by Gasteiger charge is -1.92. The summed E-state index contributed by atoms with van der Waals surface area (Å²) in [6.07, 6.45) is 2.35. The third-order valence-corrected chi connectivity index (χ3v) is 1.16. The number of carbonyl (C=O) groups excluding carboxylic acids is 2. The van der Waals surface area contributed by atoms with Crippen LogP contribution in [0.2, 0.25) is 0 Å². The molecule has 2 nitrogen and oxygen atoms in total. The van der Waals surface area contributed by atoms with Crippen LogP contribution in [0.3, 0.4) is 0 Å². The van der Waals surface area contributed by atoms with Crippen molar-refractivity contribution >= 4 is 11.6 Å². The maximum absolute atomic E-state index is 10.7. The standard InChI is InChI=1S/C8H12O2/c1-3-5-8(10)6-7(9)4-2/h3H,1,4-6H2,2H3. The summed E-state index contributed by atoms with van der Waals surface area (Å²) in [5, 5.41) is 0. The van der Waals surface area contributed by atoms with Crippen molar-refractivity contribution in [3.63, 3.8) is 0 Å². The Morgan fingerprint density at radius 3 is 2.40 bits per heavy atom. The van der Waals surface area contributed by atoms with Crippen molar-refractivity contribution in [1.29, 1.82) is 0 Å². The molecule has 0 aliphatic rings. The molecule has 0 amide bonds. The van der Waals surface area contributed by atoms with Crippen LogP contribution in [-0.4, -0.2) is 11.6 Å². The molecule has 0 unspecified atom stereocenters. The number of allylic oxidation sites excluding steroid dienone is 1. The Morgan fingerprint density at radius 1 is 1.40 bits per heavy atom. The highest BCUT2D eigenvalue weighted by molar-refractivity contribution is 5.99. The Hall–Kier alpha value is -0.920. The summed E-state index contributed by atoms with van der Waals surface area (Å²) in [5.41, 5.74) is 0. The SMILES string of the molecule is C=CCC(=O)CC(=O)CC. The molecule has 10 heavy (non-hydrogen) atoms. The molecule has 0 N–H and O–H groups in total. The number of Topliss-reactive ketones (excluding diaryl/α,β-unsaturated/α-hetero) is 2. The summed E-state index contributed by atoms with van der Waals surface area (Å²) in [7, 11) is 0. The summed E-state index contributed by atoms with van der Waals surface area (Å²) in [6, 6.07) is 0. The third kappa shape index (κ3) is 4.01. The van der Waals surface area contributed by atoms with Crippen LogP contribution in [-0.2, 0) is 9.59 Å². The first-order chi connectivity index (χ1) is 4.70. The summed E-state index contributed by atoms with van der Waals surface area (Å²) < 4.78 is 0. The second-order valence-electron chi connectivity index (χ2n) is 2.10. The van der Waals surface area contributed by atoms with E-state index in [4.69, 9.17) is 0 Å². The zero-order chi connectivity index (χ0) is 7.98. The molecule has 0 aromatic carbocycles. The Bertz CT molecular complexity index is 147. The van der Waals surface area contributed by atoms with Gasteiger partial charge in [0.05, 0.1) is 6.42 Å². The van der Waals surface area contributed by atoms with E-state index < -0.39 is 0 Å². The highest BCUT2D eigenvalue weighted by atomic mass is 16.1. The van der Waals surface area contributed by atoms with Gasteiger partial charge in [-0.3, -0.25) is 9.59 Å². The largest absolute Gasteiger partial charge is 0.299 e. The Morgan fingerprint density at radius 2 is 2.00 bits per heavy atom. The maximum atomic E-state index is 10.7. The maximum Gasteiger partial charge on any atom is 0.143 e. The lowest BCUT2D eigenvalue weighted by atomic mass is 10.1. The first kappa shape index (κ1) is 9.08. The van der Waals surface area contributed by atoms with Gasteiger partial charge in [0.1, 0.15) is 11.6 Å². The number of hydrogen-bond donors (Lipinski definition) is 0. The molecule has 0 saturated carbocycles. The fourth-order valence-corrected chi connectivity index (χ4v) is 0.578. The van der Waals surface area contributed by atoms with Crippen LogP contribution in [0.1, 0.15) is 26.2 Å². The molecule has 0 fully saturated rings. The molecule has 0 saturated heterocycles. The first-order valence-electron chi connectivity index (χ1n) is 3.35. The molecule has 2 heteroatoms. The van der Waals surface area contributed by atoms with Gasteiger partial charge < -0.3 is 0 Å². The predicted octanol–water partition coefficient (Wildman–Crippen LogP) is 1.50. The molecule has 0 aliphatic carbocycles. The summed E-state index contributed by atoms with van der Waals surface area (Å²) in [6.45, 7) is 5.16. The lowest BCUT2D eigenvalue weighted by molar-refractivity contribution is -0.126. The van der Waals surface area contributed by atoms with Gasteiger partial charge in [-0.1, -0.05) is 13.0 Å². The topological polar surface area (TPSA) is 34.1 Å². The van der Waals surface area contributed by atoms with Crippen LogP contribution in [0.5, 0.6) is 0 Å². The zero-order valence-corrected chi connectivity index (χ0v) is 6.22. The van der Waals surface area contributed by atoms with E-state index in [0.717, 1.165) is 0 Å². The molecular formula is C8H12O2. The molecule has 0 spiro atoms. The second kappa shape index (κ2) is 4.91. The van der Waals surface area contributed by atoms with Crippen LogP contribution < -0.4 is 0 Å². The van der Waals surface area contributed by atoms with Crippen molar-refractivity contribution < 1.29 is 9.59 Å². The fraction of sp³-hybridized carbons (Fsp3) is 0.500. The molecule has 0 aliphatic heterocycles. The molecule has 0 atom stereocenters. The van der Waals surface area contributed by atoms with E-state index in [0.29, 0.717) is 12.8 Å². The number of carbonyl (C=O) groups is 2. The van der Waals surface area contributed by atoms with Crippen molar-refractivity contribution in [2.45, 2.75) is 26.2 Å². The van der Waals surface area contributed by atoms with Crippen LogP contribution in [0, 0.1) is 0 Å². The van der Waals surface area contributed by atoms with Crippen LogP contribution >= 0.6 is 0 Å². The van der Waals surface area contributed by atoms with E-state index in [1.165, 1.54) is 6.08 Å². The first-order valence-corrected chi connectivity index (χ1v) is 3.35. The van der Waals surface area contributed by atoms with Crippen molar-refractivity contribution in [1.82, 2.24) is 0 Å².